The third-order valence-corrected chi connectivity index (χ3v) is 7.53. The predicted molar refractivity (Wildman–Crippen MR) is 139 cm³/mol. The van der Waals surface area contributed by atoms with Crippen molar-refractivity contribution in [2.45, 2.75) is 37.2 Å². The lowest BCUT2D eigenvalue weighted by Crippen LogP contribution is -2.37. The number of ether oxygens (including phenoxy) is 2. The number of carbonyl (C=O) groups is 2. The fourth-order valence-electron chi connectivity index (χ4n) is 3.54. The summed E-state index contributed by atoms with van der Waals surface area (Å²) in [6.45, 7) is 6.06. The van der Waals surface area contributed by atoms with Crippen molar-refractivity contribution in [3.8, 4) is 5.75 Å². The second-order valence-electron chi connectivity index (χ2n) is 9.27. The number of nitrogens with one attached hydrogen (secondary N) is 1. The SMILES string of the molecule is COC(=O)c1ccc(OC(C(=O)NS(=O)(=O)c2ccc(C(C)(C)C)cc2)c2ccc3nsnc3c2)cc1. The number of sulfonamides is 1. The first-order valence-corrected chi connectivity index (χ1v) is 13.4. The van der Waals surface area contributed by atoms with Gasteiger partial charge in [0.2, 0.25) is 6.10 Å². The van der Waals surface area contributed by atoms with Crippen molar-refractivity contribution in [3.63, 3.8) is 0 Å². The van der Waals surface area contributed by atoms with Crippen LogP contribution in [0.1, 0.15) is 48.4 Å². The van der Waals surface area contributed by atoms with Crippen molar-refractivity contribution >= 4 is 44.7 Å². The van der Waals surface area contributed by atoms with Crippen LogP contribution in [-0.4, -0.2) is 36.2 Å². The normalized spacial score (nSPS) is 12.6. The largest absolute Gasteiger partial charge is 0.476 e. The van der Waals surface area contributed by atoms with Crippen LogP contribution >= 0.6 is 11.7 Å². The summed E-state index contributed by atoms with van der Waals surface area (Å²) >= 11 is 1.02. The first kappa shape index (κ1) is 26.2. The Morgan fingerprint density at radius 1 is 0.919 bits per heavy atom. The molecule has 0 aliphatic carbocycles. The van der Waals surface area contributed by atoms with E-state index in [9.17, 15) is 18.0 Å². The van der Waals surface area contributed by atoms with Crippen LogP contribution in [0.3, 0.4) is 0 Å². The summed E-state index contributed by atoms with van der Waals surface area (Å²) in [7, 11) is -2.92. The van der Waals surface area contributed by atoms with Gasteiger partial charge in [0.05, 0.1) is 29.3 Å². The molecule has 4 aromatic rings. The van der Waals surface area contributed by atoms with E-state index < -0.39 is 28.0 Å². The highest BCUT2D eigenvalue weighted by Gasteiger charge is 2.29. The molecule has 0 aliphatic rings. The molecule has 0 saturated carbocycles. The van der Waals surface area contributed by atoms with Gasteiger partial charge in [-0.1, -0.05) is 39.0 Å². The number of rotatable bonds is 7. The first-order valence-electron chi connectivity index (χ1n) is 11.2. The van der Waals surface area contributed by atoms with Gasteiger partial charge in [-0.3, -0.25) is 4.79 Å². The molecule has 0 fully saturated rings. The molecule has 1 aromatic heterocycles. The van der Waals surface area contributed by atoms with Crippen molar-refractivity contribution in [1.82, 2.24) is 13.5 Å². The maximum Gasteiger partial charge on any atom is 0.337 e. The number of fused-ring (bicyclic) bond motifs is 1. The number of hydrogen-bond donors (Lipinski definition) is 1. The number of hydrogen-bond acceptors (Lipinski definition) is 9. The maximum absolute atomic E-state index is 13.3. The lowest BCUT2D eigenvalue weighted by atomic mass is 9.87. The molecule has 4 rings (SSSR count). The van der Waals surface area contributed by atoms with E-state index in [2.05, 4.69) is 13.5 Å². The van der Waals surface area contributed by atoms with Crippen LogP contribution < -0.4 is 9.46 Å². The van der Waals surface area contributed by atoms with Gasteiger partial charge >= 0.3 is 5.97 Å². The summed E-state index contributed by atoms with van der Waals surface area (Å²) in [5.74, 6) is -1.17. The summed E-state index contributed by atoms with van der Waals surface area (Å²) in [6, 6.07) is 17.3. The smallest absolute Gasteiger partial charge is 0.337 e. The number of benzene rings is 3. The van der Waals surface area contributed by atoms with Crippen LogP contribution in [0.4, 0.5) is 0 Å². The van der Waals surface area contributed by atoms with Crippen molar-refractivity contribution in [3.05, 3.63) is 83.4 Å². The Balaban J connectivity index is 1.64. The second-order valence-corrected chi connectivity index (χ2v) is 11.5. The minimum absolute atomic E-state index is 0.0471. The number of methoxy groups -OCH3 is 1. The van der Waals surface area contributed by atoms with Crippen LogP contribution in [0.15, 0.2) is 71.6 Å². The van der Waals surface area contributed by atoms with E-state index in [0.717, 1.165) is 17.3 Å². The maximum atomic E-state index is 13.3. The van der Waals surface area contributed by atoms with Crippen LogP contribution in [0.5, 0.6) is 5.75 Å². The molecule has 1 heterocycles. The van der Waals surface area contributed by atoms with Gasteiger partial charge < -0.3 is 9.47 Å². The Bertz CT molecular complexity index is 1540. The summed E-state index contributed by atoms with van der Waals surface area (Å²) in [4.78, 5) is 25.0. The van der Waals surface area contributed by atoms with Crippen LogP contribution in [0, 0.1) is 0 Å². The van der Waals surface area contributed by atoms with E-state index >= 15 is 0 Å². The molecule has 1 amide bonds. The molecule has 0 spiro atoms. The van der Waals surface area contributed by atoms with Gasteiger partial charge in [-0.15, -0.1) is 0 Å². The molecular weight excluding hydrogens is 514 g/mol. The molecule has 0 aliphatic heterocycles. The minimum atomic E-state index is -4.19. The molecule has 11 heteroatoms. The van der Waals surface area contributed by atoms with Gasteiger partial charge in [0.25, 0.3) is 15.9 Å². The zero-order chi connectivity index (χ0) is 26.8. The molecule has 3 aromatic carbocycles. The quantitative estimate of drug-likeness (QED) is 0.343. The van der Waals surface area contributed by atoms with Gasteiger partial charge in [-0.25, -0.2) is 17.9 Å². The molecule has 1 unspecified atom stereocenters. The van der Waals surface area contributed by atoms with Gasteiger partial charge in [0.1, 0.15) is 16.8 Å². The second kappa shape index (κ2) is 10.3. The van der Waals surface area contributed by atoms with Crippen molar-refractivity contribution in [2.24, 2.45) is 0 Å². The first-order chi connectivity index (χ1) is 17.5. The molecule has 37 heavy (non-hydrogen) atoms. The third kappa shape index (κ3) is 5.95. The van der Waals surface area contributed by atoms with Gasteiger partial charge in [-0.05, 0) is 59.5 Å². The fourth-order valence-corrected chi connectivity index (χ4v) is 5.04. The molecule has 0 bridgehead atoms. The van der Waals surface area contributed by atoms with E-state index in [0.29, 0.717) is 22.2 Å². The molecule has 0 saturated heterocycles. The van der Waals surface area contributed by atoms with E-state index in [1.54, 1.807) is 30.3 Å². The lowest BCUT2D eigenvalue weighted by molar-refractivity contribution is -0.126. The van der Waals surface area contributed by atoms with Gasteiger partial charge in [0.15, 0.2) is 0 Å². The highest BCUT2D eigenvalue weighted by molar-refractivity contribution is 7.90. The monoisotopic (exact) mass is 539 g/mol. The van der Waals surface area contributed by atoms with Gasteiger partial charge in [0, 0.05) is 5.56 Å². The van der Waals surface area contributed by atoms with Crippen molar-refractivity contribution in [2.75, 3.05) is 7.11 Å². The van der Waals surface area contributed by atoms with Crippen LogP contribution in [0.2, 0.25) is 0 Å². The third-order valence-electron chi connectivity index (χ3n) is 5.61. The van der Waals surface area contributed by atoms with E-state index in [-0.39, 0.29) is 16.1 Å². The van der Waals surface area contributed by atoms with E-state index in [1.807, 2.05) is 20.8 Å². The number of esters is 1. The molecule has 1 atom stereocenters. The molecule has 9 nitrogen and oxygen atoms in total. The van der Waals surface area contributed by atoms with E-state index in [4.69, 9.17) is 9.47 Å². The Morgan fingerprint density at radius 2 is 1.57 bits per heavy atom. The Labute approximate surface area is 218 Å². The standard InChI is InChI=1S/C26H25N3O6S2/c1-26(2,3)18-8-12-20(13-9-18)37(32,33)29-24(30)23(17-7-14-21-22(15-17)28-36-27-21)35-19-10-5-16(6-11-19)25(31)34-4/h5-15,23H,1-4H3,(H,29,30). The number of nitrogens with zero attached hydrogens (tertiary/aromatic N) is 2. The zero-order valence-corrected chi connectivity index (χ0v) is 22.2. The Kier molecular flexibility index (Phi) is 7.28. The topological polar surface area (TPSA) is 125 Å². The Morgan fingerprint density at radius 3 is 2.19 bits per heavy atom. The van der Waals surface area contributed by atoms with E-state index in [1.165, 1.54) is 43.5 Å². The highest BCUT2D eigenvalue weighted by Crippen LogP contribution is 2.27. The predicted octanol–water partition coefficient (Wildman–Crippen LogP) is 4.40. The minimum Gasteiger partial charge on any atom is -0.476 e. The van der Waals surface area contributed by atoms with Crippen LogP contribution in [-0.2, 0) is 25.0 Å². The average molecular weight is 540 g/mol. The molecular formula is C26H25N3O6S2. The summed E-state index contributed by atoms with van der Waals surface area (Å²) < 4.78 is 47.2. The van der Waals surface area contributed by atoms with Crippen molar-refractivity contribution < 1.29 is 27.5 Å². The molecule has 1 N–H and O–H groups in total. The lowest BCUT2D eigenvalue weighted by Gasteiger charge is -2.20. The number of aromatic nitrogens is 2. The summed E-state index contributed by atoms with van der Waals surface area (Å²) in [5, 5.41) is 0. The summed E-state index contributed by atoms with van der Waals surface area (Å²) in [6.07, 6.45) is -1.33. The average Bonchev–Trinajstić information content (AvgIpc) is 3.34. The number of amides is 1. The Hall–Kier alpha value is -3.83. The summed E-state index contributed by atoms with van der Waals surface area (Å²) in [5.41, 5.74) is 2.67. The number of carbonyl (C=O) groups excluding carboxylic acids is 2. The van der Waals surface area contributed by atoms with Crippen LogP contribution in [0.25, 0.3) is 11.0 Å². The fraction of sp³-hybridized carbons (Fsp3) is 0.231. The van der Waals surface area contributed by atoms with Gasteiger partial charge in [-0.2, -0.15) is 8.75 Å². The molecule has 192 valence electrons. The molecule has 0 radical (unpaired) electrons. The zero-order valence-electron chi connectivity index (χ0n) is 20.6. The highest BCUT2D eigenvalue weighted by atomic mass is 32.2. The van der Waals surface area contributed by atoms with Crippen molar-refractivity contribution in [1.29, 1.82) is 0 Å².